The summed E-state index contributed by atoms with van der Waals surface area (Å²) in [5.41, 5.74) is 0.759. The summed E-state index contributed by atoms with van der Waals surface area (Å²) in [4.78, 5) is 0. The van der Waals surface area contributed by atoms with E-state index in [1.807, 2.05) is 0 Å². The standard InChI is InChI=1S/C15H20F3N/c1-15(2)5-3-4-11(8-15)19-9-10-6-12(16)14(18)13(17)7-10/h6-7,11,19H,3-5,8-9H2,1-2H3. The first kappa shape index (κ1) is 14.4. The molecule has 19 heavy (non-hydrogen) atoms. The van der Waals surface area contributed by atoms with Crippen molar-refractivity contribution in [1.29, 1.82) is 0 Å². The van der Waals surface area contributed by atoms with E-state index in [0.717, 1.165) is 31.4 Å². The Balaban J connectivity index is 1.95. The van der Waals surface area contributed by atoms with Gasteiger partial charge in [-0.05, 0) is 42.4 Å². The van der Waals surface area contributed by atoms with E-state index in [-0.39, 0.29) is 0 Å². The van der Waals surface area contributed by atoms with Gasteiger partial charge in [0.25, 0.3) is 0 Å². The summed E-state index contributed by atoms with van der Waals surface area (Å²) in [7, 11) is 0. The maximum atomic E-state index is 13.1. The fraction of sp³-hybridized carbons (Fsp3) is 0.600. The van der Waals surface area contributed by atoms with Gasteiger partial charge in [0, 0.05) is 12.6 Å². The molecule has 0 saturated heterocycles. The Morgan fingerprint density at radius 3 is 2.42 bits per heavy atom. The van der Waals surface area contributed by atoms with E-state index < -0.39 is 17.5 Å². The van der Waals surface area contributed by atoms with Gasteiger partial charge in [0.1, 0.15) is 0 Å². The van der Waals surface area contributed by atoms with Gasteiger partial charge in [-0.3, -0.25) is 0 Å². The summed E-state index contributed by atoms with van der Waals surface area (Å²) in [6, 6.07) is 2.47. The maximum absolute atomic E-state index is 13.1. The summed E-state index contributed by atoms with van der Waals surface area (Å²) in [5, 5.41) is 3.31. The third kappa shape index (κ3) is 3.72. The molecular formula is C15H20F3N. The predicted molar refractivity (Wildman–Crippen MR) is 69.2 cm³/mol. The molecule has 0 radical (unpaired) electrons. The van der Waals surface area contributed by atoms with Gasteiger partial charge in [0.2, 0.25) is 0 Å². The van der Waals surface area contributed by atoms with Crippen LogP contribution in [0.4, 0.5) is 13.2 Å². The fourth-order valence-corrected chi connectivity index (χ4v) is 2.84. The predicted octanol–water partition coefficient (Wildman–Crippen LogP) is 4.16. The molecule has 1 N–H and O–H groups in total. The van der Waals surface area contributed by atoms with Crippen LogP contribution in [-0.2, 0) is 6.54 Å². The lowest BCUT2D eigenvalue weighted by molar-refractivity contribution is 0.197. The smallest absolute Gasteiger partial charge is 0.194 e. The molecule has 106 valence electrons. The molecule has 0 amide bonds. The average Bonchev–Trinajstić information content (AvgIpc) is 2.32. The van der Waals surface area contributed by atoms with Gasteiger partial charge in [-0.25, -0.2) is 13.2 Å². The van der Waals surface area contributed by atoms with Crippen LogP contribution in [-0.4, -0.2) is 6.04 Å². The fourth-order valence-electron chi connectivity index (χ4n) is 2.84. The van der Waals surface area contributed by atoms with Crippen LogP contribution in [0.15, 0.2) is 12.1 Å². The van der Waals surface area contributed by atoms with E-state index in [2.05, 4.69) is 19.2 Å². The molecule has 0 aromatic heterocycles. The van der Waals surface area contributed by atoms with Crippen LogP contribution in [0.1, 0.15) is 45.1 Å². The highest BCUT2D eigenvalue weighted by Gasteiger charge is 2.27. The first-order valence-electron chi connectivity index (χ1n) is 6.74. The highest BCUT2D eigenvalue weighted by molar-refractivity contribution is 5.19. The van der Waals surface area contributed by atoms with E-state index in [4.69, 9.17) is 0 Å². The summed E-state index contributed by atoms with van der Waals surface area (Å²) in [6.45, 7) is 4.84. The topological polar surface area (TPSA) is 12.0 Å². The molecule has 1 aliphatic rings. The van der Waals surface area contributed by atoms with Crippen LogP contribution in [0.5, 0.6) is 0 Å². The Morgan fingerprint density at radius 1 is 1.21 bits per heavy atom. The molecule has 1 aromatic carbocycles. The van der Waals surface area contributed by atoms with Gasteiger partial charge >= 0.3 is 0 Å². The lowest BCUT2D eigenvalue weighted by atomic mass is 9.75. The van der Waals surface area contributed by atoms with E-state index in [1.165, 1.54) is 6.42 Å². The minimum absolute atomic E-state index is 0.315. The van der Waals surface area contributed by atoms with E-state index in [9.17, 15) is 13.2 Å². The summed E-state index contributed by atoms with van der Waals surface area (Å²) in [6.07, 6.45) is 4.51. The number of benzene rings is 1. The van der Waals surface area contributed by atoms with Crippen molar-refractivity contribution in [3.63, 3.8) is 0 Å². The Kier molecular flexibility index (Phi) is 4.19. The zero-order valence-corrected chi connectivity index (χ0v) is 11.4. The average molecular weight is 271 g/mol. The van der Waals surface area contributed by atoms with Crippen molar-refractivity contribution in [3.05, 3.63) is 35.1 Å². The Hall–Kier alpha value is -1.03. The minimum Gasteiger partial charge on any atom is -0.310 e. The van der Waals surface area contributed by atoms with Crippen molar-refractivity contribution >= 4 is 0 Å². The van der Waals surface area contributed by atoms with Crippen molar-refractivity contribution in [1.82, 2.24) is 5.32 Å². The molecule has 0 bridgehead atoms. The molecule has 1 saturated carbocycles. The van der Waals surface area contributed by atoms with Crippen molar-refractivity contribution in [2.75, 3.05) is 0 Å². The van der Waals surface area contributed by atoms with Gasteiger partial charge in [-0.2, -0.15) is 0 Å². The van der Waals surface area contributed by atoms with Crippen molar-refractivity contribution in [2.24, 2.45) is 5.41 Å². The first-order chi connectivity index (χ1) is 8.87. The van der Waals surface area contributed by atoms with E-state index >= 15 is 0 Å². The Labute approximate surface area is 112 Å². The monoisotopic (exact) mass is 271 g/mol. The third-order valence-corrected chi connectivity index (χ3v) is 3.84. The molecule has 1 fully saturated rings. The highest BCUT2D eigenvalue weighted by atomic mass is 19.2. The van der Waals surface area contributed by atoms with Crippen LogP contribution in [0, 0.1) is 22.9 Å². The summed E-state index contributed by atoms with van der Waals surface area (Å²) in [5.74, 6) is -3.65. The zero-order chi connectivity index (χ0) is 14.0. The molecule has 1 atom stereocenters. The lowest BCUT2D eigenvalue weighted by Gasteiger charge is -2.35. The maximum Gasteiger partial charge on any atom is 0.194 e. The molecule has 0 spiro atoms. The SMILES string of the molecule is CC1(C)CCCC(NCc2cc(F)c(F)c(F)c2)C1. The molecule has 1 aliphatic carbocycles. The van der Waals surface area contributed by atoms with Crippen molar-refractivity contribution in [3.8, 4) is 0 Å². The number of hydrogen-bond acceptors (Lipinski definition) is 1. The number of nitrogens with one attached hydrogen (secondary N) is 1. The molecule has 4 heteroatoms. The highest BCUT2D eigenvalue weighted by Crippen LogP contribution is 2.35. The molecular weight excluding hydrogens is 251 g/mol. The van der Waals surface area contributed by atoms with Crippen LogP contribution >= 0.6 is 0 Å². The molecule has 1 unspecified atom stereocenters. The van der Waals surface area contributed by atoms with Crippen LogP contribution < -0.4 is 5.32 Å². The van der Waals surface area contributed by atoms with E-state index in [0.29, 0.717) is 23.6 Å². The van der Waals surface area contributed by atoms with Crippen LogP contribution in [0.25, 0.3) is 0 Å². The second-order valence-corrected chi connectivity index (χ2v) is 6.21. The molecule has 1 nitrogen and oxygen atoms in total. The second-order valence-electron chi connectivity index (χ2n) is 6.21. The molecule has 0 aliphatic heterocycles. The number of halogens is 3. The van der Waals surface area contributed by atoms with Gasteiger partial charge in [-0.1, -0.05) is 20.3 Å². The lowest BCUT2D eigenvalue weighted by Crippen LogP contribution is -2.36. The third-order valence-electron chi connectivity index (χ3n) is 3.84. The normalized spacial score (nSPS) is 22.5. The minimum atomic E-state index is -1.40. The van der Waals surface area contributed by atoms with Crippen LogP contribution in [0.3, 0.4) is 0 Å². The second kappa shape index (κ2) is 5.53. The number of rotatable bonds is 3. The van der Waals surface area contributed by atoms with Gasteiger partial charge in [0.05, 0.1) is 0 Å². The summed E-state index contributed by atoms with van der Waals surface area (Å²) < 4.78 is 39.0. The van der Waals surface area contributed by atoms with Gasteiger partial charge in [0.15, 0.2) is 17.5 Å². The quantitative estimate of drug-likeness (QED) is 0.814. The van der Waals surface area contributed by atoms with E-state index in [1.54, 1.807) is 0 Å². The first-order valence-corrected chi connectivity index (χ1v) is 6.74. The molecule has 1 aromatic rings. The summed E-state index contributed by atoms with van der Waals surface area (Å²) >= 11 is 0. The van der Waals surface area contributed by atoms with Crippen LogP contribution in [0.2, 0.25) is 0 Å². The Bertz CT molecular complexity index is 434. The Morgan fingerprint density at radius 2 is 1.84 bits per heavy atom. The van der Waals surface area contributed by atoms with Gasteiger partial charge < -0.3 is 5.32 Å². The van der Waals surface area contributed by atoms with Crippen molar-refractivity contribution in [2.45, 2.75) is 52.1 Å². The molecule has 0 heterocycles. The molecule has 2 rings (SSSR count). The van der Waals surface area contributed by atoms with Gasteiger partial charge in [-0.15, -0.1) is 0 Å². The largest absolute Gasteiger partial charge is 0.310 e. The number of hydrogen-bond donors (Lipinski definition) is 1. The zero-order valence-electron chi connectivity index (χ0n) is 11.4. The van der Waals surface area contributed by atoms with Crippen molar-refractivity contribution < 1.29 is 13.2 Å².